The molecule has 35 heavy (non-hydrogen) atoms. The summed E-state index contributed by atoms with van der Waals surface area (Å²) in [5.74, 6) is 0. The van der Waals surface area contributed by atoms with Crippen LogP contribution in [-0.2, 0) is 12.8 Å². The van der Waals surface area contributed by atoms with E-state index >= 15 is 0 Å². The zero-order valence-electron chi connectivity index (χ0n) is 19.2. The van der Waals surface area contributed by atoms with Crippen LogP contribution in [0.5, 0.6) is 0 Å². The minimum Gasteiger partial charge on any atom is -0.398 e. The molecule has 0 bridgehead atoms. The van der Waals surface area contributed by atoms with Crippen LogP contribution in [0.2, 0.25) is 0 Å². The highest BCUT2D eigenvalue weighted by molar-refractivity contribution is 6.36. The maximum absolute atomic E-state index is 6.53. The van der Waals surface area contributed by atoms with Gasteiger partial charge in [-0.25, -0.2) is 0 Å². The number of hydrogen-bond donors (Lipinski definition) is 1. The molecule has 0 radical (unpaired) electrons. The van der Waals surface area contributed by atoms with E-state index < -0.39 is 0 Å². The van der Waals surface area contributed by atoms with Gasteiger partial charge in [-0.3, -0.25) is 0 Å². The third kappa shape index (κ3) is 2.07. The summed E-state index contributed by atoms with van der Waals surface area (Å²) in [6, 6.07) is 34.1. The molecule has 0 spiro atoms. The van der Waals surface area contributed by atoms with Crippen LogP contribution < -0.4 is 5.73 Å². The summed E-state index contributed by atoms with van der Waals surface area (Å²) in [5.41, 5.74) is 18.3. The first-order valence-electron chi connectivity index (χ1n) is 12.4. The van der Waals surface area contributed by atoms with Crippen LogP contribution in [0.4, 0.5) is 5.69 Å². The Balaban J connectivity index is 1.50. The number of fused-ring (bicyclic) bond motifs is 6. The molecule has 0 aromatic heterocycles. The molecule has 0 aliphatic heterocycles. The van der Waals surface area contributed by atoms with Gasteiger partial charge in [0.15, 0.2) is 0 Å². The van der Waals surface area contributed by atoms with Gasteiger partial charge >= 0.3 is 0 Å². The average molecular weight is 444 g/mol. The summed E-state index contributed by atoms with van der Waals surface area (Å²) in [6.45, 7) is 0. The fraction of sp³-hybridized carbons (Fsp3) is 0.0588. The number of nitrogen functional groups attached to an aromatic ring is 1. The first-order valence-corrected chi connectivity index (χ1v) is 12.4. The monoisotopic (exact) mass is 443 g/mol. The Hall–Kier alpha value is -4.36. The normalized spacial score (nSPS) is 13.6. The van der Waals surface area contributed by atoms with Gasteiger partial charge in [0.05, 0.1) is 0 Å². The molecule has 0 atom stereocenters. The first-order chi connectivity index (χ1) is 17.3. The van der Waals surface area contributed by atoms with Crippen molar-refractivity contribution in [3.05, 3.63) is 113 Å². The Bertz CT molecular complexity index is 2040. The Morgan fingerprint density at radius 1 is 0.400 bits per heavy atom. The Morgan fingerprint density at radius 3 is 1.71 bits per heavy atom. The SMILES string of the molecule is Nc1cccc2c1-c1ccc3c4ccc5c6c(ccc(c7ccc(c1c73)C2)c64)Cc1ccccc1-5. The van der Waals surface area contributed by atoms with E-state index in [4.69, 9.17) is 5.73 Å². The van der Waals surface area contributed by atoms with Crippen molar-refractivity contribution in [2.45, 2.75) is 12.8 Å². The third-order valence-corrected chi connectivity index (χ3v) is 8.60. The summed E-state index contributed by atoms with van der Waals surface area (Å²) in [5, 5.41) is 11.1. The highest BCUT2D eigenvalue weighted by Gasteiger charge is 2.26. The average Bonchev–Trinajstić information content (AvgIpc) is 2.90. The van der Waals surface area contributed by atoms with Crippen LogP contribution in [0.25, 0.3) is 65.3 Å². The third-order valence-electron chi connectivity index (χ3n) is 8.60. The topological polar surface area (TPSA) is 26.0 Å². The lowest BCUT2D eigenvalue weighted by Crippen LogP contribution is -2.05. The van der Waals surface area contributed by atoms with Gasteiger partial charge in [0.1, 0.15) is 0 Å². The van der Waals surface area contributed by atoms with E-state index in [9.17, 15) is 0 Å². The van der Waals surface area contributed by atoms with Crippen molar-refractivity contribution in [1.29, 1.82) is 0 Å². The molecule has 0 saturated heterocycles. The Morgan fingerprint density at radius 2 is 0.971 bits per heavy atom. The standard InChI is InChI=1S/C34H21N/c35-29-7-3-5-19-17-21-9-11-25-24-10-8-20-16-18-4-1-2-6-22(18)23-12-13-26(33(24)31(20)23)27-14-15-28(30(19)29)32(21)34(25)27/h1-15H,16-17,35H2. The lowest BCUT2D eigenvalue weighted by atomic mass is 9.77. The van der Waals surface area contributed by atoms with Gasteiger partial charge in [-0.1, -0.05) is 84.9 Å². The second-order valence-electron chi connectivity index (χ2n) is 10.3. The molecule has 2 aliphatic carbocycles. The lowest BCUT2D eigenvalue weighted by molar-refractivity contribution is 1.20. The number of nitrogens with two attached hydrogens (primary N) is 1. The van der Waals surface area contributed by atoms with Crippen molar-refractivity contribution in [1.82, 2.24) is 0 Å². The minimum atomic E-state index is 0.877. The quantitative estimate of drug-likeness (QED) is 0.142. The summed E-state index contributed by atoms with van der Waals surface area (Å²) in [7, 11) is 0. The van der Waals surface area contributed by atoms with Crippen molar-refractivity contribution in [2.75, 3.05) is 5.73 Å². The largest absolute Gasteiger partial charge is 0.398 e. The predicted molar refractivity (Wildman–Crippen MR) is 149 cm³/mol. The number of anilines is 1. The molecule has 1 nitrogen and oxygen atoms in total. The van der Waals surface area contributed by atoms with E-state index in [-0.39, 0.29) is 0 Å². The van der Waals surface area contributed by atoms with E-state index in [0.29, 0.717) is 0 Å². The molecule has 0 saturated carbocycles. The molecule has 7 aromatic rings. The number of rotatable bonds is 0. The van der Waals surface area contributed by atoms with E-state index in [0.717, 1.165) is 18.5 Å². The maximum atomic E-state index is 6.53. The fourth-order valence-electron chi connectivity index (χ4n) is 7.20. The lowest BCUT2D eigenvalue weighted by Gasteiger charge is -2.26. The molecule has 2 aliphatic rings. The van der Waals surface area contributed by atoms with Crippen molar-refractivity contribution in [3.63, 3.8) is 0 Å². The van der Waals surface area contributed by atoms with Crippen molar-refractivity contribution < 1.29 is 0 Å². The molecule has 0 unspecified atom stereocenters. The van der Waals surface area contributed by atoms with E-state index in [1.54, 1.807) is 0 Å². The first kappa shape index (κ1) is 18.0. The summed E-state index contributed by atoms with van der Waals surface area (Å²) >= 11 is 0. The van der Waals surface area contributed by atoms with Crippen molar-refractivity contribution in [2.24, 2.45) is 0 Å². The molecule has 9 rings (SSSR count). The van der Waals surface area contributed by atoms with E-state index in [1.807, 2.05) is 6.07 Å². The fourth-order valence-corrected chi connectivity index (χ4v) is 7.20. The predicted octanol–water partition coefficient (Wildman–Crippen LogP) is 8.46. The van der Waals surface area contributed by atoms with Gasteiger partial charge < -0.3 is 5.73 Å². The molecule has 2 N–H and O–H groups in total. The molecular weight excluding hydrogens is 422 g/mol. The van der Waals surface area contributed by atoms with Gasteiger partial charge in [0.2, 0.25) is 0 Å². The van der Waals surface area contributed by atoms with Gasteiger partial charge in [0, 0.05) is 11.3 Å². The molecule has 0 fully saturated rings. The number of benzene rings is 7. The van der Waals surface area contributed by atoms with Gasteiger partial charge in [0.25, 0.3) is 0 Å². The molecule has 7 aromatic carbocycles. The van der Waals surface area contributed by atoms with Crippen molar-refractivity contribution >= 4 is 48.8 Å². The second-order valence-corrected chi connectivity index (χ2v) is 10.3. The van der Waals surface area contributed by atoms with Gasteiger partial charge in [-0.2, -0.15) is 0 Å². The summed E-state index contributed by atoms with van der Waals surface area (Å²) < 4.78 is 0. The van der Waals surface area contributed by atoms with Crippen LogP contribution in [0, 0.1) is 0 Å². The molecule has 1 heteroatoms. The zero-order valence-corrected chi connectivity index (χ0v) is 19.2. The highest BCUT2D eigenvalue weighted by Crippen LogP contribution is 2.51. The van der Waals surface area contributed by atoms with Crippen LogP contribution in [0.15, 0.2) is 91.0 Å². The minimum absolute atomic E-state index is 0.877. The van der Waals surface area contributed by atoms with Crippen LogP contribution in [-0.4, -0.2) is 0 Å². The van der Waals surface area contributed by atoms with Gasteiger partial charge in [-0.05, 0) is 101 Å². The van der Waals surface area contributed by atoms with Crippen LogP contribution >= 0.6 is 0 Å². The smallest absolute Gasteiger partial charge is 0.0396 e. The van der Waals surface area contributed by atoms with E-state index in [2.05, 4.69) is 84.9 Å². The Kier molecular flexibility index (Phi) is 3.09. The van der Waals surface area contributed by atoms with Crippen molar-refractivity contribution in [3.8, 4) is 22.3 Å². The van der Waals surface area contributed by atoms with Crippen LogP contribution in [0.1, 0.15) is 22.3 Å². The zero-order chi connectivity index (χ0) is 22.8. The summed E-state index contributed by atoms with van der Waals surface area (Å²) in [6.07, 6.45) is 1.93. The Labute approximate surface area is 202 Å². The second kappa shape index (κ2) is 6.00. The summed E-state index contributed by atoms with van der Waals surface area (Å²) in [4.78, 5) is 0. The van der Waals surface area contributed by atoms with Gasteiger partial charge in [-0.15, -0.1) is 0 Å². The molecule has 0 amide bonds. The molecular formula is C34H21N. The van der Waals surface area contributed by atoms with Crippen LogP contribution in [0.3, 0.4) is 0 Å². The maximum Gasteiger partial charge on any atom is 0.0396 e. The highest BCUT2D eigenvalue weighted by atomic mass is 14.6. The van der Waals surface area contributed by atoms with E-state index in [1.165, 1.54) is 87.6 Å². The number of hydrogen-bond acceptors (Lipinski definition) is 1. The molecule has 162 valence electrons. The molecule has 0 heterocycles.